The minimum atomic E-state index is -2.60. The van der Waals surface area contributed by atoms with Crippen molar-refractivity contribution in [3.63, 3.8) is 0 Å². The number of nitrogens with one attached hydrogen (secondary N) is 1. The number of rotatable bonds is 13. The Balaban J connectivity index is 1.14. The highest BCUT2D eigenvalue weighted by molar-refractivity contribution is 6.99. The van der Waals surface area contributed by atoms with Crippen molar-refractivity contribution < 1.29 is 13.9 Å². The van der Waals surface area contributed by atoms with Crippen molar-refractivity contribution in [3.8, 4) is 39.9 Å². The van der Waals surface area contributed by atoms with Crippen LogP contribution in [0.25, 0.3) is 22.5 Å². The Morgan fingerprint density at radius 1 is 0.840 bits per heavy atom. The number of aryl methyl sites for hydroxylation is 1. The normalized spacial score (nSPS) is 11.7. The van der Waals surface area contributed by atoms with Crippen molar-refractivity contribution >= 4 is 24.6 Å². The summed E-state index contributed by atoms with van der Waals surface area (Å²) in [7, 11) is 1.00. The standard InChI is InChI=1S/C39H43N7O3Si/c1-28-36(49-30-20-21-40-35(24-30)29-25-42-43-26-29)19-18-34(44-28)33-27-41-38(45-37(33)47-6)46(5)22-13-23-48-50(39(2,3)4,31-14-9-7-10-15-31)32-16-11-8-12-17-32/h7-12,14-21,24-27H,13,22-23H2,1-6H3,(H,42,43). The summed E-state index contributed by atoms with van der Waals surface area (Å²) in [4.78, 5) is 20.7. The Morgan fingerprint density at radius 2 is 1.56 bits per heavy atom. The average molecular weight is 686 g/mol. The van der Waals surface area contributed by atoms with Crippen LogP contribution in [-0.2, 0) is 4.43 Å². The van der Waals surface area contributed by atoms with E-state index in [-0.39, 0.29) is 5.04 Å². The topological polar surface area (TPSA) is 111 Å². The predicted molar refractivity (Wildman–Crippen MR) is 200 cm³/mol. The predicted octanol–water partition coefficient (Wildman–Crippen LogP) is 6.84. The van der Waals surface area contributed by atoms with Gasteiger partial charge >= 0.3 is 0 Å². The molecule has 0 unspecified atom stereocenters. The number of methoxy groups -OCH3 is 1. The smallest absolute Gasteiger partial charge is 0.261 e. The maximum atomic E-state index is 7.08. The van der Waals surface area contributed by atoms with Crippen molar-refractivity contribution in [2.24, 2.45) is 0 Å². The van der Waals surface area contributed by atoms with Crippen LogP contribution in [0.4, 0.5) is 5.95 Å². The van der Waals surface area contributed by atoms with Gasteiger partial charge < -0.3 is 18.8 Å². The second kappa shape index (κ2) is 15.0. The van der Waals surface area contributed by atoms with Crippen molar-refractivity contribution in [2.75, 3.05) is 32.2 Å². The first-order chi connectivity index (χ1) is 24.2. The number of anilines is 1. The lowest BCUT2D eigenvalue weighted by Crippen LogP contribution is -2.66. The second-order valence-electron chi connectivity index (χ2n) is 13.1. The minimum Gasteiger partial charge on any atom is -0.480 e. The third kappa shape index (κ3) is 7.29. The van der Waals surface area contributed by atoms with Gasteiger partial charge in [-0.3, -0.25) is 10.1 Å². The molecule has 256 valence electrons. The Labute approximate surface area is 294 Å². The van der Waals surface area contributed by atoms with Crippen molar-refractivity contribution in [1.82, 2.24) is 30.1 Å². The van der Waals surface area contributed by atoms with E-state index in [9.17, 15) is 0 Å². The van der Waals surface area contributed by atoms with Gasteiger partial charge in [0, 0.05) is 50.4 Å². The summed E-state index contributed by atoms with van der Waals surface area (Å²) in [5.41, 5.74) is 3.74. The molecule has 0 aliphatic carbocycles. The minimum absolute atomic E-state index is 0.0755. The summed E-state index contributed by atoms with van der Waals surface area (Å²) in [5.74, 6) is 2.30. The number of aromatic nitrogens is 6. The fraction of sp³-hybridized carbons (Fsp3) is 0.256. The molecule has 0 radical (unpaired) electrons. The number of nitrogens with zero attached hydrogens (tertiary/aromatic N) is 6. The SMILES string of the molecule is COc1nc(N(C)CCCO[Si](c2ccccc2)(c2ccccc2)C(C)(C)C)ncc1-c1ccc(Oc2ccnc(-c3cn[nH]c3)c2)c(C)n1. The van der Waals surface area contributed by atoms with Gasteiger partial charge in [0.25, 0.3) is 8.32 Å². The molecule has 0 aliphatic rings. The summed E-state index contributed by atoms with van der Waals surface area (Å²) < 4.78 is 19.0. The van der Waals surface area contributed by atoms with Crippen LogP contribution in [0.5, 0.6) is 17.4 Å². The van der Waals surface area contributed by atoms with E-state index in [1.54, 1.807) is 31.9 Å². The first kappa shape index (κ1) is 34.5. The molecule has 4 aromatic heterocycles. The highest BCUT2D eigenvalue weighted by Gasteiger charge is 2.50. The summed E-state index contributed by atoms with van der Waals surface area (Å²) in [6, 6.07) is 28.9. The van der Waals surface area contributed by atoms with E-state index in [0.29, 0.717) is 53.4 Å². The van der Waals surface area contributed by atoms with Crippen molar-refractivity contribution in [3.05, 3.63) is 115 Å². The van der Waals surface area contributed by atoms with Crippen LogP contribution in [0.1, 0.15) is 32.9 Å². The maximum Gasteiger partial charge on any atom is 0.261 e. The van der Waals surface area contributed by atoms with Crippen LogP contribution < -0.4 is 24.7 Å². The van der Waals surface area contributed by atoms with Gasteiger partial charge in [0.15, 0.2) is 0 Å². The molecule has 0 fully saturated rings. The molecular weight excluding hydrogens is 643 g/mol. The summed E-state index contributed by atoms with van der Waals surface area (Å²) in [6.07, 6.45) is 7.78. The molecule has 11 heteroatoms. The largest absolute Gasteiger partial charge is 0.480 e. The zero-order valence-electron chi connectivity index (χ0n) is 29.4. The van der Waals surface area contributed by atoms with E-state index < -0.39 is 8.32 Å². The van der Waals surface area contributed by atoms with Gasteiger partial charge in [-0.05, 0) is 47.0 Å². The number of pyridine rings is 2. The molecule has 0 saturated carbocycles. The number of H-pyrrole nitrogens is 1. The molecule has 0 bridgehead atoms. The third-order valence-electron chi connectivity index (χ3n) is 8.72. The molecule has 1 N–H and O–H groups in total. The Hall–Kier alpha value is -5.39. The van der Waals surface area contributed by atoms with Crippen LogP contribution in [-0.4, -0.2) is 65.8 Å². The van der Waals surface area contributed by atoms with Gasteiger partial charge in [-0.25, -0.2) is 9.97 Å². The summed E-state index contributed by atoms with van der Waals surface area (Å²) in [5, 5.41) is 9.28. The number of benzene rings is 2. The lowest BCUT2D eigenvalue weighted by atomic mass is 10.2. The number of hydrogen-bond donors (Lipinski definition) is 1. The van der Waals surface area contributed by atoms with Crippen LogP contribution in [0.2, 0.25) is 5.04 Å². The summed E-state index contributed by atoms with van der Waals surface area (Å²) >= 11 is 0. The van der Waals surface area contributed by atoms with E-state index in [2.05, 4.69) is 96.6 Å². The average Bonchev–Trinajstić information content (AvgIpc) is 3.68. The number of ether oxygens (including phenoxy) is 2. The Bertz CT molecular complexity index is 1960. The van der Waals surface area contributed by atoms with E-state index in [4.69, 9.17) is 28.9 Å². The van der Waals surface area contributed by atoms with Crippen LogP contribution >= 0.6 is 0 Å². The molecule has 0 aliphatic heterocycles. The second-order valence-corrected chi connectivity index (χ2v) is 17.4. The lowest BCUT2D eigenvalue weighted by Gasteiger charge is -2.43. The summed E-state index contributed by atoms with van der Waals surface area (Å²) in [6.45, 7) is 10.1. The molecule has 6 rings (SSSR count). The third-order valence-corrected chi connectivity index (χ3v) is 13.8. The van der Waals surface area contributed by atoms with E-state index in [1.165, 1.54) is 10.4 Å². The Kier molecular flexibility index (Phi) is 10.4. The van der Waals surface area contributed by atoms with Crippen molar-refractivity contribution in [1.29, 1.82) is 0 Å². The van der Waals surface area contributed by atoms with E-state index in [0.717, 1.165) is 17.7 Å². The molecule has 50 heavy (non-hydrogen) atoms. The van der Waals surface area contributed by atoms with Gasteiger partial charge in [-0.1, -0.05) is 81.4 Å². The van der Waals surface area contributed by atoms with Gasteiger partial charge in [-0.15, -0.1) is 0 Å². The van der Waals surface area contributed by atoms with Gasteiger partial charge in [0.2, 0.25) is 11.8 Å². The quantitative estimate of drug-likeness (QED) is 0.103. The molecule has 6 aromatic rings. The lowest BCUT2D eigenvalue weighted by molar-refractivity contribution is 0.293. The molecule has 0 amide bonds. The first-order valence-electron chi connectivity index (χ1n) is 16.7. The van der Waals surface area contributed by atoms with Crippen molar-refractivity contribution in [2.45, 2.75) is 39.2 Å². The maximum absolute atomic E-state index is 7.08. The molecule has 4 heterocycles. The molecule has 0 atom stereocenters. The van der Waals surface area contributed by atoms with Crippen LogP contribution in [0.3, 0.4) is 0 Å². The van der Waals surface area contributed by atoms with Crippen LogP contribution in [0, 0.1) is 6.92 Å². The van der Waals surface area contributed by atoms with Crippen LogP contribution in [0.15, 0.2) is 110 Å². The molecule has 0 spiro atoms. The number of hydrogen-bond acceptors (Lipinski definition) is 9. The van der Waals surface area contributed by atoms with E-state index >= 15 is 0 Å². The molecular formula is C39H43N7O3Si. The monoisotopic (exact) mass is 685 g/mol. The fourth-order valence-electron chi connectivity index (χ4n) is 6.22. The first-order valence-corrected chi connectivity index (χ1v) is 18.6. The Morgan fingerprint density at radius 3 is 2.18 bits per heavy atom. The zero-order valence-corrected chi connectivity index (χ0v) is 30.4. The molecule has 0 saturated heterocycles. The zero-order chi connectivity index (χ0) is 35.1. The molecule has 10 nitrogen and oxygen atoms in total. The fourth-order valence-corrected chi connectivity index (χ4v) is 10.8. The number of aromatic amines is 1. The molecule has 2 aromatic carbocycles. The van der Waals surface area contributed by atoms with Gasteiger partial charge in [-0.2, -0.15) is 10.1 Å². The highest BCUT2D eigenvalue weighted by Crippen LogP contribution is 2.37. The van der Waals surface area contributed by atoms with E-state index in [1.807, 2.05) is 43.1 Å². The highest BCUT2D eigenvalue weighted by atomic mass is 28.4. The van der Waals surface area contributed by atoms with Gasteiger partial charge in [0.1, 0.15) is 11.5 Å². The van der Waals surface area contributed by atoms with Gasteiger partial charge in [0.05, 0.1) is 36.0 Å².